The number of methoxy groups -OCH3 is 2. The number of nitrogens with one attached hydrogen (secondary N) is 2. The number of nitrogens with zero attached hydrogens (tertiary/aromatic N) is 2. The predicted molar refractivity (Wildman–Crippen MR) is 111 cm³/mol. The van der Waals surface area contributed by atoms with E-state index in [0.717, 1.165) is 11.1 Å². The van der Waals surface area contributed by atoms with Crippen LogP contribution >= 0.6 is 0 Å². The number of rotatable bonds is 8. The molecule has 0 saturated heterocycles. The minimum Gasteiger partial charge on any atom is -0.493 e. The quantitative estimate of drug-likeness (QED) is 0.612. The molecule has 0 saturated carbocycles. The summed E-state index contributed by atoms with van der Waals surface area (Å²) in [5, 5.41) is 6.01. The average Bonchev–Trinajstić information content (AvgIpc) is 2.76. The first kappa shape index (κ1) is 20.1. The van der Waals surface area contributed by atoms with E-state index in [9.17, 15) is 4.79 Å². The highest BCUT2D eigenvalue weighted by atomic mass is 16.5. The first-order chi connectivity index (χ1) is 14.1. The maximum Gasteiger partial charge on any atom is 0.270 e. The van der Waals surface area contributed by atoms with Gasteiger partial charge in [0, 0.05) is 19.3 Å². The van der Waals surface area contributed by atoms with Crippen molar-refractivity contribution in [1.29, 1.82) is 0 Å². The highest BCUT2D eigenvalue weighted by Crippen LogP contribution is 2.27. The van der Waals surface area contributed by atoms with Gasteiger partial charge in [-0.15, -0.1) is 0 Å². The maximum atomic E-state index is 12.5. The van der Waals surface area contributed by atoms with Crippen LogP contribution in [0.4, 0.5) is 5.95 Å². The molecule has 0 aliphatic heterocycles. The van der Waals surface area contributed by atoms with Gasteiger partial charge in [0.25, 0.3) is 5.91 Å². The van der Waals surface area contributed by atoms with Gasteiger partial charge in [0.15, 0.2) is 11.5 Å². The lowest BCUT2D eigenvalue weighted by Gasteiger charge is -2.11. The molecule has 150 valence electrons. The lowest BCUT2D eigenvalue weighted by atomic mass is 10.1. The number of ether oxygens (including phenoxy) is 2. The van der Waals surface area contributed by atoms with Crippen molar-refractivity contribution in [3.8, 4) is 11.5 Å². The standard InChI is InChI=1S/C22H24N4O3/c1-15-5-4-6-16(11-15)14-25-22-23-10-9-18(26-22)21(27)24-13-17-7-8-19(28-2)20(12-17)29-3/h4-12H,13-14H2,1-3H3,(H,24,27)(H,23,25,26). The lowest BCUT2D eigenvalue weighted by Crippen LogP contribution is -2.24. The number of benzene rings is 2. The molecule has 0 bridgehead atoms. The minimum atomic E-state index is -0.277. The second kappa shape index (κ2) is 9.54. The van der Waals surface area contributed by atoms with Gasteiger partial charge >= 0.3 is 0 Å². The van der Waals surface area contributed by atoms with Gasteiger partial charge in [0.1, 0.15) is 5.69 Å². The number of aromatic nitrogens is 2. The van der Waals surface area contributed by atoms with E-state index in [4.69, 9.17) is 9.47 Å². The molecule has 7 nitrogen and oxygen atoms in total. The summed E-state index contributed by atoms with van der Waals surface area (Å²) in [5.74, 6) is 1.39. The Kier molecular flexibility index (Phi) is 6.63. The van der Waals surface area contributed by atoms with E-state index < -0.39 is 0 Å². The molecular weight excluding hydrogens is 368 g/mol. The molecule has 1 aromatic heterocycles. The largest absolute Gasteiger partial charge is 0.493 e. The van der Waals surface area contributed by atoms with E-state index in [-0.39, 0.29) is 5.91 Å². The van der Waals surface area contributed by atoms with Crippen LogP contribution in [0, 0.1) is 6.92 Å². The Morgan fingerprint density at radius 3 is 2.52 bits per heavy atom. The molecular formula is C22H24N4O3. The molecule has 2 aromatic carbocycles. The van der Waals surface area contributed by atoms with Crippen molar-refractivity contribution in [1.82, 2.24) is 15.3 Å². The molecule has 2 N–H and O–H groups in total. The van der Waals surface area contributed by atoms with Crippen LogP contribution in [0.2, 0.25) is 0 Å². The summed E-state index contributed by atoms with van der Waals surface area (Å²) in [7, 11) is 3.16. The Balaban J connectivity index is 1.60. The maximum absolute atomic E-state index is 12.5. The van der Waals surface area contributed by atoms with E-state index in [1.165, 1.54) is 5.56 Å². The van der Waals surface area contributed by atoms with Crippen molar-refractivity contribution in [3.05, 3.63) is 77.1 Å². The molecule has 0 atom stereocenters. The summed E-state index contributed by atoms with van der Waals surface area (Å²) in [6.07, 6.45) is 1.57. The van der Waals surface area contributed by atoms with Gasteiger partial charge in [-0.3, -0.25) is 4.79 Å². The third-order valence-corrected chi connectivity index (χ3v) is 4.32. The van der Waals surface area contributed by atoms with Crippen molar-refractivity contribution < 1.29 is 14.3 Å². The second-order valence-corrected chi connectivity index (χ2v) is 6.48. The van der Waals surface area contributed by atoms with Crippen LogP contribution in [0.1, 0.15) is 27.2 Å². The van der Waals surface area contributed by atoms with Crippen molar-refractivity contribution in [2.45, 2.75) is 20.0 Å². The number of aryl methyl sites for hydroxylation is 1. The minimum absolute atomic E-state index is 0.277. The average molecular weight is 392 g/mol. The van der Waals surface area contributed by atoms with Crippen LogP contribution < -0.4 is 20.1 Å². The molecule has 0 aliphatic carbocycles. The highest BCUT2D eigenvalue weighted by molar-refractivity contribution is 5.92. The molecule has 1 heterocycles. The third-order valence-electron chi connectivity index (χ3n) is 4.32. The van der Waals surface area contributed by atoms with Crippen LogP contribution in [0.5, 0.6) is 11.5 Å². The van der Waals surface area contributed by atoms with Crippen molar-refractivity contribution in [3.63, 3.8) is 0 Å². The monoisotopic (exact) mass is 392 g/mol. The number of hydrogen-bond acceptors (Lipinski definition) is 6. The zero-order valence-electron chi connectivity index (χ0n) is 16.7. The Morgan fingerprint density at radius 1 is 0.966 bits per heavy atom. The fourth-order valence-corrected chi connectivity index (χ4v) is 2.84. The summed E-state index contributed by atoms with van der Waals surface area (Å²) in [5.41, 5.74) is 3.50. The predicted octanol–water partition coefficient (Wildman–Crippen LogP) is 3.34. The van der Waals surface area contributed by atoms with Gasteiger partial charge in [0.2, 0.25) is 5.95 Å². The Hall–Kier alpha value is -3.61. The number of carbonyl (C=O) groups excluding carboxylic acids is 1. The lowest BCUT2D eigenvalue weighted by molar-refractivity contribution is 0.0946. The number of carbonyl (C=O) groups is 1. The van der Waals surface area contributed by atoms with Crippen molar-refractivity contribution >= 4 is 11.9 Å². The summed E-state index contributed by atoms with van der Waals surface area (Å²) in [6.45, 7) is 2.97. The zero-order valence-corrected chi connectivity index (χ0v) is 16.7. The normalized spacial score (nSPS) is 10.3. The topological polar surface area (TPSA) is 85.4 Å². The van der Waals surface area contributed by atoms with Crippen LogP contribution in [0.15, 0.2) is 54.7 Å². The Morgan fingerprint density at radius 2 is 1.76 bits per heavy atom. The van der Waals surface area contributed by atoms with Gasteiger partial charge in [0.05, 0.1) is 14.2 Å². The van der Waals surface area contributed by atoms with Gasteiger partial charge in [-0.05, 0) is 36.2 Å². The summed E-state index contributed by atoms with van der Waals surface area (Å²) < 4.78 is 10.5. The van der Waals surface area contributed by atoms with Gasteiger partial charge < -0.3 is 20.1 Å². The first-order valence-electron chi connectivity index (χ1n) is 9.20. The number of hydrogen-bond donors (Lipinski definition) is 2. The molecule has 0 unspecified atom stereocenters. The Labute approximate surface area is 170 Å². The van der Waals surface area contributed by atoms with Gasteiger partial charge in [-0.1, -0.05) is 35.9 Å². The molecule has 1 amide bonds. The van der Waals surface area contributed by atoms with Crippen molar-refractivity contribution in [2.75, 3.05) is 19.5 Å². The highest BCUT2D eigenvalue weighted by Gasteiger charge is 2.10. The van der Waals surface area contributed by atoms with E-state index in [2.05, 4.69) is 26.7 Å². The summed E-state index contributed by atoms with van der Waals surface area (Å²) in [4.78, 5) is 21.0. The molecule has 0 fully saturated rings. The zero-order chi connectivity index (χ0) is 20.6. The fourth-order valence-electron chi connectivity index (χ4n) is 2.84. The smallest absolute Gasteiger partial charge is 0.270 e. The molecule has 7 heteroatoms. The Bertz CT molecular complexity index is 991. The SMILES string of the molecule is COc1ccc(CNC(=O)c2ccnc(NCc3cccc(C)c3)n2)cc1OC. The van der Waals surface area contributed by atoms with Gasteiger partial charge in [-0.2, -0.15) is 0 Å². The summed E-state index contributed by atoms with van der Waals surface area (Å²) >= 11 is 0. The first-order valence-corrected chi connectivity index (χ1v) is 9.20. The van der Waals surface area contributed by atoms with E-state index >= 15 is 0 Å². The molecule has 3 aromatic rings. The molecule has 3 rings (SSSR count). The molecule has 29 heavy (non-hydrogen) atoms. The molecule has 0 aliphatic rings. The van der Waals surface area contributed by atoms with Gasteiger partial charge in [-0.25, -0.2) is 9.97 Å². The summed E-state index contributed by atoms with van der Waals surface area (Å²) in [6, 6.07) is 15.3. The fraction of sp³-hybridized carbons (Fsp3) is 0.227. The van der Waals surface area contributed by atoms with Crippen LogP contribution in [-0.4, -0.2) is 30.1 Å². The molecule has 0 spiro atoms. The van der Waals surface area contributed by atoms with E-state index in [1.807, 2.05) is 37.3 Å². The van der Waals surface area contributed by atoms with Crippen LogP contribution in [0.3, 0.4) is 0 Å². The second-order valence-electron chi connectivity index (χ2n) is 6.48. The van der Waals surface area contributed by atoms with Crippen molar-refractivity contribution in [2.24, 2.45) is 0 Å². The number of amides is 1. The van der Waals surface area contributed by atoms with Crippen LogP contribution in [0.25, 0.3) is 0 Å². The van der Waals surface area contributed by atoms with Crippen LogP contribution in [-0.2, 0) is 13.1 Å². The van der Waals surface area contributed by atoms with E-state index in [1.54, 1.807) is 32.5 Å². The van der Waals surface area contributed by atoms with E-state index in [0.29, 0.717) is 36.2 Å². The molecule has 0 radical (unpaired) electrons. The third kappa shape index (κ3) is 5.44. The number of anilines is 1.